The number of fused-ring (bicyclic) bond motifs is 2. The van der Waals surface area contributed by atoms with E-state index in [2.05, 4.69) is 0 Å². The van der Waals surface area contributed by atoms with Crippen LogP contribution in [0.1, 0.15) is 44.4 Å². The first kappa shape index (κ1) is 26.2. The largest absolute Gasteiger partial charge is 0.508 e. The maximum Gasteiger partial charge on any atom is 0.235 e. The topological polar surface area (TPSA) is 214 Å². The third kappa shape index (κ3) is 4.09. The number of phenols is 8. The van der Waals surface area contributed by atoms with Gasteiger partial charge in [-0.1, -0.05) is 6.07 Å². The Morgan fingerprint density at radius 1 is 0.667 bits per heavy atom. The van der Waals surface area contributed by atoms with Crippen molar-refractivity contribution < 1.29 is 59.9 Å². The van der Waals surface area contributed by atoms with E-state index >= 15 is 0 Å². The van der Waals surface area contributed by atoms with Crippen LogP contribution in [-0.2, 0) is 0 Å². The van der Waals surface area contributed by atoms with Crippen molar-refractivity contribution in [2.45, 2.75) is 12.5 Å². The van der Waals surface area contributed by atoms with Gasteiger partial charge < -0.3 is 50.3 Å². The van der Waals surface area contributed by atoms with Crippen LogP contribution >= 0.6 is 0 Å². The minimum absolute atomic E-state index is 0.0615. The highest BCUT2D eigenvalue weighted by atomic mass is 16.5. The molecule has 2 aliphatic rings. The molecule has 0 saturated heterocycles. The van der Waals surface area contributed by atoms with Gasteiger partial charge in [-0.15, -0.1) is 0 Å². The second-order valence-electron chi connectivity index (χ2n) is 9.69. The van der Waals surface area contributed by atoms with E-state index in [0.717, 1.165) is 24.3 Å². The van der Waals surface area contributed by atoms with Crippen molar-refractivity contribution in [3.8, 4) is 68.6 Å². The molecule has 0 radical (unpaired) electrons. The van der Waals surface area contributed by atoms with Gasteiger partial charge in [0.15, 0.2) is 34.5 Å². The molecule has 4 aromatic rings. The van der Waals surface area contributed by atoms with Crippen molar-refractivity contribution in [2.24, 2.45) is 0 Å². The standard InChI is InChI=1S/C30H20O12/c31-13-7-17(34)26-22(8-13)42-24(29(26)39)5-11-3-14(28(38)20(37)4-11)25-18(35)10-23-27(30(25)40)19(36)9-21(41-23)12-1-2-15(32)16(33)6-12/h1-8,10,21,31-35,37-38,40H,9H2/b24-5-/t21-/m0/s1. The molecule has 0 bridgehead atoms. The van der Waals surface area contributed by atoms with Crippen molar-refractivity contribution in [3.63, 3.8) is 0 Å². The van der Waals surface area contributed by atoms with Gasteiger partial charge in [0.1, 0.15) is 51.7 Å². The highest BCUT2D eigenvalue weighted by Crippen LogP contribution is 2.52. The van der Waals surface area contributed by atoms with Crippen LogP contribution in [0.25, 0.3) is 17.2 Å². The van der Waals surface area contributed by atoms with Crippen LogP contribution in [0.3, 0.4) is 0 Å². The predicted octanol–water partition coefficient (Wildman–Crippen LogP) is 4.32. The number of ketones is 2. The Morgan fingerprint density at radius 2 is 1.40 bits per heavy atom. The lowest BCUT2D eigenvalue weighted by Crippen LogP contribution is -2.20. The van der Waals surface area contributed by atoms with Crippen LogP contribution in [0.5, 0.6) is 57.5 Å². The highest BCUT2D eigenvalue weighted by Gasteiger charge is 2.35. The molecule has 42 heavy (non-hydrogen) atoms. The van der Waals surface area contributed by atoms with Crippen LogP contribution in [0, 0.1) is 0 Å². The highest BCUT2D eigenvalue weighted by molar-refractivity contribution is 6.16. The molecule has 4 aromatic carbocycles. The number of ether oxygens (including phenoxy) is 2. The number of allylic oxidation sites excluding steroid dienone is 1. The number of phenolic OH excluding ortho intramolecular Hbond substituents is 8. The quantitative estimate of drug-likeness (QED) is 0.127. The van der Waals surface area contributed by atoms with Gasteiger partial charge >= 0.3 is 0 Å². The number of hydrogen-bond acceptors (Lipinski definition) is 12. The average molecular weight is 572 g/mol. The van der Waals surface area contributed by atoms with E-state index in [0.29, 0.717) is 5.56 Å². The Kier molecular flexibility index (Phi) is 5.78. The molecule has 12 heteroatoms. The number of Topliss-reactive ketones (excluding diaryl/α,β-unsaturated/α-hetero) is 2. The predicted molar refractivity (Wildman–Crippen MR) is 143 cm³/mol. The molecule has 0 unspecified atom stereocenters. The minimum Gasteiger partial charge on any atom is -0.508 e. The first-order chi connectivity index (χ1) is 19.9. The molecule has 0 aromatic heterocycles. The zero-order valence-corrected chi connectivity index (χ0v) is 21.2. The minimum atomic E-state index is -0.914. The molecule has 8 N–H and O–H groups in total. The van der Waals surface area contributed by atoms with Gasteiger partial charge in [-0.05, 0) is 41.5 Å². The molecule has 1 atom stereocenters. The van der Waals surface area contributed by atoms with E-state index in [-0.39, 0.29) is 57.4 Å². The lowest BCUT2D eigenvalue weighted by atomic mass is 9.90. The molecule has 0 saturated carbocycles. The first-order valence-corrected chi connectivity index (χ1v) is 12.3. The number of aromatic hydroxyl groups is 8. The summed E-state index contributed by atoms with van der Waals surface area (Å²) in [5.74, 6) is -6.38. The molecule has 6 rings (SSSR count). The van der Waals surface area contributed by atoms with Crippen molar-refractivity contribution in [2.75, 3.05) is 0 Å². The summed E-state index contributed by atoms with van der Waals surface area (Å²) in [4.78, 5) is 25.9. The van der Waals surface area contributed by atoms with Crippen LogP contribution in [0.15, 0.2) is 54.3 Å². The summed E-state index contributed by atoms with van der Waals surface area (Å²) in [6.45, 7) is 0. The fourth-order valence-electron chi connectivity index (χ4n) is 5.00. The van der Waals surface area contributed by atoms with Crippen LogP contribution < -0.4 is 9.47 Å². The summed E-state index contributed by atoms with van der Waals surface area (Å²) in [5.41, 5.74) is -0.793. The molecular weight excluding hydrogens is 552 g/mol. The lowest BCUT2D eigenvalue weighted by molar-refractivity contribution is 0.0844. The van der Waals surface area contributed by atoms with Crippen molar-refractivity contribution >= 4 is 17.6 Å². The van der Waals surface area contributed by atoms with E-state index in [1.807, 2.05) is 0 Å². The normalized spacial score (nSPS) is 16.6. The summed E-state index contributed by atoms with van der Waals surface area (Å²) in [6, 6.07) is 9.30. The van der Waals surface area contributed by atoms with E-state index in [1.54, 1.807) is 0 Å². The Labute approximate surface area is 235 Å². The van der Waals surface area contributed by atoms with Crippen LogP contribution in [0.4, 0.5) is 0 Å². The van der Waals surface area contributed by atoms with Gasteiger partial charge in [0, 0.05) is 23.8 Å². The molecule has 0 spiro atoms. The van der Waals surface area contributed by atoms with E-state index in [9.17, 15) is 50.4 Å². The van der Waals surface area contributed by atoms with Gasteiger partial charge in [-0.25, -0.2) is 0 Å². The van der Waals surface area contributed by atoms with Crippen molar-refractivity contribution in [1.29, 1.82) is 0 Å². The summed E-state index contributed by atoms with van der Waals surface area (Å²) < 4.78 is 11.3. The fraction of sp³-hybridized carbons (Fsp3) is 0.0667. The molecule has 0 aliphatic carbocycles. The van der Waals surface area contributed by atoms with Gasteiger partial charge in [-0.3, -0.25) is 9.59 Å². The number of carbonyl (C=O) groups is 2. The summed E-state index contributed by atoms with van der Waals surface area (Å²) >= 11 is 0. The Bertz CT molecular complexity index is 1890. The van der Waals surface area contributed by atoms with Gasteiger partial charge in [0.25, 0.3) is 0 Å². The Balaban J connectivity index is 1.41. The molecule has 0 fully saturated rings. The average Bonchev–Trinajstić information content (AvgIpc) is 3.22. The van der Waals surface area contributed by atoms with E-state index in [1.165, 1.54) is 30.3 Å². The number of carbonyl (C=O) groups excluding carboxylic acids is 2. The Hall–Kier alpha value is -6.04. The number of rotatable bonds is 3. The number of hydrogen-bond donors (Lipinski definition) is 8. The van der Waals surface area contributed by atoms with Gasteiger partial charge in [0.2, 0.25) is 5.78 Å². The van der Waals surface area contributed by atoms with Crippen molar-refractivity contribution in [1.82, 2.24) is 0 Å². The SMILES string of the molecule is O=C1/C(=C/c2cc(O)c(O)c(-c3c(O)cc4c(c3O)C(=O)C[C@@H](c3ccc(O)c(O)c3)O4)c2)Oc2cc(O)cc(O)c21. The monoisotopic (exact) mass is 572 g/mol. The van der Waals surface area contributed by atoms with Gasteiger partial charge in [0.05, 0.1) is 12.0 Å². The smallest absolute Gasteiger partial charge is 0.235 e. The third-order valence-corrected chi connectivity index (χ3v) is 6.95. The van der Waals surface area contributed by atoms with Crippen LogP contribution in [0.2, 0.25) is 0 Å². The van der Waals surface area contributed by atoms with Crippen LogP contribution in [-0.4, -0.2) is 52.4 Å². The zero-order valence-electron chi connectivity index (χ0n) is 21.2. The maximum absolute atomic E-state index is 13.1. The van der Waals surface area contributed by atoms with Crippen molar-refractivity contribution in [3.05, 3.63) is 76.5 Å². The first-order valence-electron chi connectivity index (χ1n) is 12.3. The molecule has 2 aliphatic heterocycles. The maximum atomic E-state index is 13.1. The molecule has 0 amide bonds. The molecule has 212 valence electrons. The summed E-state index contributed by atoms with van der Waals surface area (Å²) in [6.07, 6.45) is -0.0243. The fourth-order valence-corrected chi connectivity index (χ4v) is 5.00. The third-order valence-electron chi connectivity index (χ3n) is 6.95. The van der Waals surface area contributed by atoms with E-state index < -0.39 is 57.7 Å². The van der Waals surface area contributed by atoms with Gasteiger partial charge in [-0.2, -0.15) is 0 Å². The zero-order chi connectivity index (χ0) is 30.0. The molecular formula is C30H20O12. The Morgan fingerprint density at radius 3 is 2.14 bits per heavy atom. The molecule has 2 heterocycles. The summed E-state index contributed by atoms with van der Waals surface area (Å²) in [5, 5.41) is 82.2. The second kappa shape index (κ2) is 9.27. The summed E-state index contributed by atoms with van der Waals surface area (Å²) in [7, 11) is 0. The lowest BCUT2D eigenvalue weighted by Gasteiger charge is -2.27. The second-order valence-corrected chi connectivity index (χ2v) is 9.69. The number of benzene rings is 4. The molecule has 12 nitrogen and oxygen atoms in total. The van der Waals surface area contributed by atoms with E-state index in [4.69, 9.17) is 9.47 Å².